The molecule has 2 aromatic carbocycles. The largest absolute Gasteiger partial charge is 0.465 e. The molecule has 3 fully saturated rings. The molecule has 41 heavy (non-hydrogen) atoms. The number of hydrogen-bond acceptors (Lipinski definition) is 6. The Hall–Kier alpha value is -3.36. The van der Waals surface area contributed by atoms with Gasteiger partial charge in [-0.15, -0.1) is 24.9 Å². The van der Waals surface area contributed by atoms with Gasteiger partial charge in [0.25, 0.3) is 0 Å². The van der Waals surface area contributed by atoms with Gasteiger partial charge < -0.3 is 19.6 Å². The minimum atomic E-state index is -0.814. The highest BCUT2D eigenvalue weighted by Gasteiger charge is 2.74. The van der Waals surface area contributed by atoms with Gasteiger partial charge in [0.15, 0.2) is 0 Å². The number of ether oxygens (including phenoxy) is 1. The van der Waals surface area contributed by atoms with E-state index in [0.717, 1.165) is 17.5 Å². The maximum atomic E-state index is 14.6. The van der Waals surface area contributed by atoms with Crippen LogP contribution in [0, 0.1) is 11.8 Å². The van der Waals surface area contributed by atoms with Crippen molar-refractivity contribution in [2.45, 2.75) is 54.3 Å². The van der Waals surface area contributed by atoms with Gasteiger partial charge in [-0.05, 0) is 36.8 Å². The molecule has 0 aliphatic carbocycles. The number of hydrogen-bond donors (Lipinski definition) is 1. The molecule has 2 amide bonds. The number of esters is 1. The fourth-order valence-electron chi connectivity index (χ4n) is 6.87. The summed E-state index contributed by atoms with van der Waals surface area (Å²) in [7, 11) is 0. The lowest BCUT2D eigenvalue weighted by Crippen LogP contribution is -2.57. The first-order chi connectivity index (χ1) is 19.9. The second-order valence-electron chi connectivity index (χ2n) is 11.1. The van der Waals surface area contributed by atoms with Crippen LogP contribution >= 0.6 is 11.8 Å². The van der Waals surface area contributed by atoms with E-state index >= 15 is 0 Å². The van der Waals surface area contributed by atoms with Crippen LogP contribution in [0.3, 0.4) is 0 Å². The number of fused-ring (bicyclic) bond motifs is 1. The third-order valence-corrected chi connectivity index (χ3v) is 10.6. The molecule has 2 aromatic rings. The number of carbonyl (C=O) groups is 3. The third kappa shape index (κ3) is 5.47. The van der Waals surface area contributed by atoms with Gasteiger partial charge in [0.1, 0.15) is 6.04 Å². The van der Waals surface area contributed by atoms with Gasteiger partial charge in [-0.1, -0.05) is 72.8 Å². The van der Waals surface area contributed by atoms with Crippen molar-refractivity contribution in [3.8, 4) is 0 Å². The standard InChI is InChI=1S/C33H38N2O5S/c1-3-5-19-40-32(39)27-26-16-17-33(41-26)28(27)30(37)35(25(22-36)20-23-12-8-6-9-13-23)29(33)31(38)34(18-4-2)21-24-14-10-7-11-15-24/h3-4,6-15,25-29,36H,1-2,5,16-22H2/t25-,26+,27-,28+,29?,33?/m1/s1. The topological polar surface area (TPSA) is 87.2 Å². The average molecular weight is 575 g/mol. The highest BCUT2D eigenvalue weighted by Crippen LogP contribution is 2.67. The van der Waals surface area contributed by atoms with E-state index in [0.29, 0.717) is 32.4 Å². The number of benzene rings is 2. The van der Waals surface area contributed by atoms with Crippen molar-refractivity contribution in [1.29, 1.82) is 0 Å². The Bertz CT molecular complexity index is 1270. The molecule has 0 radical (unpaired) electrons. The van der Waals surface area contributed by atoms with E-state index < -0.39 is 28.7 Å². The Morgan fingerprint density at radius 3 is 2.41 bits per heavy atom. The molecule has 3 aliphatic rings. The Morgan fingerprint density at radius 1 is 1.10 bits per heavy atom. The molecule has 1 N–H and O–H groups in total. The average Bonchev–Trinajstić information content (AvgIpc) is 3.64. The van der Waals surface area contributed by atoms with Crippen molar-refractivity contribution in [3.05, 3.63) is 97.1 Å². The number of rotatable bonds is 13. The fourth-order valence-corrected chi connectivity index (χ4v) is 9.06. The van der Waals surface area contributed by atoms with E-state index in [-0.39, 0.29) is 36.2 Å². The van der Waals surface area contributed by atoms with Gasteiger partial charge in [0, 0.05) is 18.3 Å². The molecular weight excluding hydrogens is 536 g/mol. The van der Waals surface area contributed by atoms with Gasteiger partial charge in [-0.2, -0.15) is 0 Å². The third-order valence-electron chi connectivity index (χ3n) is 8.61. The second-order valence-corrected chi connectivity index (χ2v) is 12.7. The van der Waals surface area contributed by atoms with Gasteiger partial charge in [-0.3, -0.25) is 14.4 Å². The molecule has 2 bridgehead atoms. The Kier molecular flexibility index (Phi) is 9.00. The minimum Gasteiger partial charge on any atom is -0.465 e. The van der Waals surface area contributed by atoms with Crippen molar-refractivity contribution in [3.63, 3.8) is 0 Å². The smallest absolute Gasteiger partial charge is 0.310 e. The molecule has 7 nitrogen and oxygen atoms in total. The Morgan fingerprint density at radius 2 is 1.78 bits per heavy atom. The summed E-state index contributed by atoms with van der Waals surface area (Å²) in [6, 6.07) is 18.0. The number of aliphatic hydroxyl groups excluding tert-OH is 1. The van der Waals surface area contributed by atoms with Crippen molar-refractivity contribution < 1.29 is 24.2 Å². The normalized spacial score (nSPS) is 26.9. The van der Waals surface area contributed by atoms with E-state index in [1.54, 1.807) is 33.7 Å². The molecule has 0 saturated carbocycles. The predicted octanol–water partition coefficient (Wildman–Crippen LogP) is 4.02. The predicted molar refractivity (Wildman–Crippen MR) is 160 cm³/mol. The molecule has 216 valence electrons. The molecule has 0 aromatic heterocycles. The maximum absolute atomic E-state index is 14.6. The number of aliphatic hydroxyl groups is 1. The summed E-state index contributed by atoms with van der Waals surface area (Å²) in [6.45, 7) is 8.19. The van der Waals surface area contributed by atoms with Gasteiger partial charge >= 0.3 is 5.97 Å². The highest BCUT2D eigenvalue weighted by atomic mass is 32.2. The summed E-state index contributed by atoms with van der Waals surface area (Å²) in [6.07, 6.45) is 5.71. The first kappa shape index (κ1) is 29.1. The quantitative estimate of drug-likeness (QED) is 0.221. The molecule has 3 aliphatic heterocycles. The van der Waals surface area contributed by atoms with Gasteiger partial charge in [0.2, 0.25) is 11.8 Å². The lowest BCUT2D eigenvalue weighted by Gasteiger charge is -2.39. The van der Waals surface area contributed by atoms with Crippen LogP contribution in [0.4, 0.5) is 0 Å². The van der Waals surface area contributed by atoms with Crippen LogP contribution in [0.15, 0.2) is 86.0 Å². The van der Waals surface area contributed by atoms with Crippen LogP contribution in [0.25, 0.3) is 0 Å². The van der Waals surface area contributed by atoms with Crippen LogP contribution in [-0.2, 0) is 32.1 Å². The van der Waals surface area contributed by atoms with Crippen molar-refractivity contribution in [2.24, 2.45) is 11.8 Å². The number of carbonyl (C=O) groups excluding carboxylic acids is 3. The van der Waals surface area contributed by atoms with Gasteiger partial charge in [0.05, 0.1) is 35.8 Å². The zero-order chi connectivity index (χ0) is 29.0. The number of nitrogens with zero attached hydrogens (tertiary/aromatic N) is 2. The summed E-state index contributed by atoms with van der Waals surface area (Å²) in [4.78, 5) is 45.8. The lowest BCUT2D eigenvalue weighted by molar-refractivity contribution is -0.154. The highest BCUT2D eigenvalue weighted by molar-refractivity contribution is 8.02. The monoisotopic (exact) mass is 574 g/mol. The summed E-state index contributed by atoms with van der Waals surface area (Å²) in [5.74, 6) is -2.09. The molecule has 6 atom stereocenters. The summed E-state index contributed by atoms with van der Waals surface area (Å²) >= 11 is 1.61. The Balaban J connectivity index is 1.54. The first-order valence-corrected chi connectivity index (χ1v) is 15.2. The maximum Gasteiger partial charge on any atom is 0.310 e. The molecule has 8 heteroatoms. The van der Waals surface area contributed by atoms with Crippen molar-refractivity contribution in [2.75, 3.05) is 19.8 Å². The molecule has 1 spiro atoms. The first-order valence-electron chi connectivity index (χ1n) is 14.3. The molecule has 5 rings (SSSR count). The van der Waals surface area contributed by atoms with Crippen molar-refractivity contribution in [1.82, 2.24) is 9.80 Å². The second kappa shape index (κ2) is 12.7. The molecular formula is C33H38N2O5S. The summed E-state index contributed by atoms with van der Waals surface area (Å²) < 4.78 is 4.84. The van der Waals surface area contributed by atoms with Crippen LogP contribution in [0.2, 0.25) is 0 Å². The van der Waals surface area contributed by atoms with E-state index in [9.17, 15) is 19.5 Å². The van der Waals surface area contributed by atoms with Crippen LogP contribution < -0.4 is 0 Å². The minimum absolute atomic E-state index is 0.0821. The van der Waals surface area contributed by atoms with E-state index in [4.69, 9.17) is 4.74 Å². The van der Waals surface area contributed by atoms with E-state index in [2.05, 4.69) is 13.2 Å². The molecule has 3 heterocycles. The van der Waals surface area contributed by atoms with Crippen LogP contribution in [0.5, 0.6) is 0 Å². The fraction of sp³-hybridized carbons (Fsp3) is 0.424. The Labute approximate surface area is 246 Å². The van der Waals surface area contributed by atoms with Crippen molar-refractivity contribution >= 4 is 29.5 Å². The SMILES string of the molecule is C=CCCOC(=O)[C@@H]1[C@@H]2CCC3(S2)C(C(=O)N(CC=C)Cc2ccccc2)N([C@@H](CO)Cc2ccccc2)C(=O)[C@H]13. The molecule has 3 saturated heterocycles. The number of likely N-dealkylation sites (tertiary alicyclic amines) is 1. The van der Waals surface area contributed by atoms with Crippen LogP contribution in [0.1, 0.15) is 30.4 Å². The summed E-state index contributed by atoms with van der Waals surface area (Å²) in [5.41, 5.74) is 1.94. The van der Waals surface area contributed by atoms with E-state index in [1.807, 2.05) is 60.7 Å². The number of thioether (sulfide) groups is 1. The van der Waals surface area contributed by atoms with Gasteiger partial charge in [-0.25, -0.2) is 0 Å². The number of amides is 2. The summed E-state index contributed by atoms with van der Waals surface area (Å²) in [5, 5.41) is 10.6. The zero-order valence-electron chi connectivity index (χ0n) is 23.3. The van der Waals surface area contributed by atoms with Crippen LogP contribution in [-0.4, -0.2) is 74.5 Å². The molecule has 2 unspecified atom stereocenters. The lowest BCUT2D eigenvalue weighted by atomic mass is 9.71. The van der Waals surface area contributed by atoms with E-state index in [1.165, 1.54) is 0 Å². The zero-order valence-corrected chi connectivity index (χ0v) is 24.1.